The first-order chi connectivity index (χ1) is 8.71. The van der Waals surface area contributed by atoms with Crippen LogP contribution in [0, 0.1) is 17.1 Å². The number of hydrogen-bond acceptors (Lipinski definition) is 3. The molecule has 1 aromatic rings. The average molecular weight is 264 g/mol. The van der Waals surface area contributed by atoms with E-state index in [1.807, 2.05) is 17.8 Å². The van der Waals surface area contributed by atoms with Crippen LogP contribution >= 0.6 is 11.8 Å². The molecule has 1 N–H and O–H groups in total. The third-order valence-corrected chi connectivity index (χ3v) is 5.09. The van der Waals surface area contributed by atoms with E-state index in [-0.39, 0.29) is 10.3 Å². The van der Waals surface area contributed by atoms with Crippen molar-refractivity contribution in [3.63, 3.8) is 0 Å². The first kappa shape index (κ1) is 13.2. The lowest BCUT2D eigenvalue weighted by molar-refractivity contribution is 0.621. The molecule has 96 valence electrons. The maximum atomic E-state index is 13.5. The van der Waals surface area contributed by atoms with E-state index in [1.165, 1.54) is 31.7 Å². The van der Waals surface area contributed by atoms with Gasteiger partial charge in [0.2, 0.25) is 0 Å². The highest BCUT2D eigenvalue weighted by Gasteiger charge is 2.32. The van der Waals surface area contributed by atoms with E-state index >= 15 is 0 Å². The summed E-state index contributed by atoms with van der Waals surface area (Å²) in [6.07, 6.45) is 7.04. The Balaban J connectivity index is 2.11. The summed E-state index contributed by atoms with van der Waals surface area (Å²) < 4.78 is 13.7. The molecule has 1 saturated carbocycles. The number of rotatable bonds is 4. The van der Waals surface area contributed by atoms with Crippen LogP contribution in [0.3, 0.4) is 0 Å². The van der Waals surface area contributed by atoms with E-state index in [4.69, 9.17) is 5.26 Å². The smallest absolute Gasteiger partial charge is 0.143 e. The van der Waals surface area contributed by atoms with Crippen LogP contribution in [-0.4, -0.2) is 17.5 Å². The highest BCUT2D eigenvalue weighted by Crippen LogP contribution is 2.40. The van der Waals surface area contributed by atoms with Gasteiger partial charge >= 0.3 is 0 Å². The Labute approximate surface area is 112 Å². The Morgan fingerprint density at radius 2 is 2.17 bits per heavy atom. The quantitative estimate of drug-likeness (QED) is 0.899. The fourth-order valence-electron chi connectivity index (χ4n) is 2.51. The highest BCUT2D eigenvalue weighted by atomic mass is 32.2. The average Bonchev–Trinajstić information content (AvgIpc) is 2.86. The van der Waals surface area contributed by atoms with Gasteiger partial charge in [-0.25, -0.2) is 4.39 Å². The number of benzene rings is 1. The molecule has 0 atom stereocenters. The second-order valence-electron chi connectivity index (χ2n) is 4.72. The predicted octanol–water partition coefficient (Wildman–Crippen LogP) is 3.79. The minimum Gasteiger partial charge on any atom is -0.382 e. The molecular formula is C14H17FN2S. The van der Waals surface area contributed by atoms with Gasteiger partial charge in [0.25, 0.3) is 0 Å². The van der Waals surface area contributed by atoms with Crippen molar-refractivity contribution in [2.24, 2.45) is 0 Å². The summed E-state index contributed by atoms with van der Waals surface area (Å²) in [5.74, 6) is -0.452. The van der Waals surface area contributed by atoms with Gasteiger partial charge in [0.1, 0.15) is 17.4 Å². The van der Waals surface area contributed by atoms with E-state index < -0.39 is 5.82 Å². The second kappa shape index (κ2) is 5.62. The molecule has 0 aromatic heterocycles. The standard InChI is InChI=1S/C14H17FN2S/c1-18-14(7-2-3-8-14)10-17-13-6-4-5-12(15)11(13)9-16/h4-6,17H,2-3,7-8,10H2,1H3. The van der Waals surface area contributed by atoms with Crippen LogP contribution in [0.25, 0.3) is 0 Å². The maximum Gasteiger partial charge on any atom is 0.143 e. The van der Waals surface area contributed by atoms with Crippen molar-refractivity contribution < 1.29 is 4.39 Å². The van der Waals surface area contributed by atoms with E-state index in [2.05, 4.69) is 11.6 Å². The summed E-state index contributed by atoms with van der Waals surface area (Å²) in [7, 11) is 0. The zero-order valence-corrected chi connectivity index (χ0v) is 11.3. The third-order valence-electron chi connectivity index (χ3n) is 3.67. The lowest BCUT2D eigenvalue weighted by atomic mass is 10.1. The maximum absolute atomic E-state index is 13.5. The predicted molar refractivity (Wildman–Crippen MR) is 74.3 cm³/mol. The fraction of sp³-hybridized carbons (Fsp3) is 0.500. The molecule has 0 bridgehead atoms. The van der Waals surface area contributed by atoms with Gasteiger partial charge in [0.05, 0.1) is 5.69 Å². The summed E-state index contributed by atoms with van der Waals surface area (Å²) in [6, 6.07) is 6.65. The minimum atomic E-state index is -0.452. The summed E-state index contributed by atoms with van der Waals surface area (Å²) in [5.41, 5.74) is 0.726. The van der Waals surface area contributed by atoms with Crippen LogP contribution < -0.4 is 5.32 Å². The minimum absolute atomic E-state index is 0.117. The number of nitrogens with one attached hydrogen (secondary N) is 1. The molecule has 1 aliphatic rings. The van der Waals surface area contributed by atoms with Crippen molar-refractivity contribution in [3.8, 4) is 6.07 Å². The summed E-state index contributed by atoms with van der Waals surface area (Å²) in [5, 5.41) is 12.2. The fourth-order valence-corrected chi connectivity index (χ4v) is 3.43. The first-order valence-corrected chi connectivity index (χ1v) is 7.41. The van der Waals surface area contributed by atoms with Crippen molar-refractivity contribution in [2.75, 3.05) is 18.1 Å². The first-order valence-electron chi connectivity index (χ1n) is 6.18. The molecule has 0 amide bonds. The van der Waals surface area contributed by atoms with Crippen LogP contribution in [0.4, 0.5) is 10.1 Å². The topological polar surface area (TPSA) is 35.8 Å². The Morgan fingerprint density at radius 3 is 2.78 bits per heavy atom. The monoisotopic (exact) mass is 264 g/mol. The van der Waals surface area contributed by atoms with Crippen molar-refractivity contribution >= 4 is 17.4 Å². The number of nitriles is 1. The summed E-state index contributed by atoms with van der Waals surface area (Å²) in [6.45, 7) is 0.798. The molecular weight excluding hydrogens is 247 g/mol. The second-order valence-corrected chi connectivity index (χ2v) is 6.00. The van der Waals surface area contributed by atoms with Crippen molar-refractivity contribution in [2.45, 2.75) is 30.4 Å². The largest absolute Gasteiger partial charge is 0.382 e. The van der Waals surface area contributed by atoms with E-state index in [1.54, 1.807) is 12.1 Å². The SMILES string of the molecule is CSC1(CNc2cccc(F)c2C#N)CCCC1. The van der Waals surface area contributed by atoms with E-state index in [0.717, 1.165) is 6.54 Å². The molecule has 1 fully saturated rings. The van der Waals surface area contributed by atoms with Crippen molar-refractivity contribution in [1.82, 2.24) is 0 Å². The number of nitrogens with zero attached hydrogens (tertiary/aromatic N) is 1. The molecule has 4 heteroatoms. The van der Waals surface area contributed by atoms with Gasteiger partial charge in [-0.2, -0.15) is 17.0 Å². The van der Waals surface area contributed by atoms with Crippen LogP contribution in [0.5, 0.6) is 0 Å². The molecule has 2 nitrogen and oxygen atoms in total. The van der Waals surface area contributed by atoms with Gasteiger partial charge in [0, 0.05) is 11.3 Å². The van der Waals surface area contributed by atoms with E-state index in [0.29, 0.717) is 5.69 Å². The molecule has 0 aliphatic heterocycles. The van der Waals surface area contributed by atoms with Crippen molar-refractivity contribution in [1.29, 1.82) is 5.26 Å². The van der Waals surface area contributed by atoms with Gasteiger partial charge in [-0.05, 0) is 31.2 Å². The van der Waals surface area contributed by atoms with Crippen LogP contribution in [0.15, 0.2) is 18.2 Å². The van der Waals surface area contributed by atoms with Crippen molar-refractivity contribution in [3.05, 3.63) is 29.6 Å². The molecule has 1 aromatic carbocycles. The van der Waals surface area contributed by atoms with Crippen LogP contribution in [0.2, 0.25) is 0 Å². The Kier molecular flexibility index (Phi) is 4.13. The number of hydrogen-bond donors (Lipinski definition) is 1. The molecule has 2 rings (SSSR count). The molecule has 0 unspecified atom stereocenters. The van der Waals surface area contributed by atoms with Crippen LogP contribution in [0.1, 0.15) is 31.2 Å². The van der Waals surface area contributed by atoms with Gasteiger partial charge < -0.3 is 5.32 Å². The summed E-state index contributed by atoms with van der Waals surface area (Å²) >= 11 is 1.88. The molecule has 1 aliphatic carbocycles. The highest BCUT2D eigenvalue weighted by molar-refractivity contribution is 8.00. The Morgan fingerprint density at radius 1 is 1.44 bits per heavy atom. The zero-order chi connectivity index (χ0) is 13.0. The number of thioether (sulfide) groups is 1. The molecule has 0 radical (unpaired) electrons. The zero-order valence-electron chi connectivity index (χ0n) is 10.5. The summed E-state index contributed by atoms with van der Waals surface area (Å²) in [4.78, 5) is 0. The number of anilines is 1. The number of halogens is 1. The lowest BCUT2D eigenvalue weighted by Gasteiger charge is -2.27. The Hall–Kier alpha value is -1.21. The van der Waals surface area contributed by atoms with Gasteiger partial charge in [-0.1, -0.05) is 18.9 Å². The van der Waals surface area contributed by atoms with Gasteiger partial charge in [-0.15, -0.1) is 0 Å². The Bertz CT molecular complexity index is 461. The van der Waals surface area contributed by atoms with Crippen LogP contribution in [-0.2, 0) is 0 Å². The van der Waals surface area contributed by atoms with Gasteiger partial charge in [0.15, 0.2) is 0 Å². The lowest BCUT2D eigenvalue weighted by Crippen LogP contribution is -2.30. The normalized spacial score (nSPS) is 17.4. The molecule has 18 heavy (non-hydrogen) atoms. The molecule has 0 saturated heterocycles. The molecule has 0 spiro atoms. The third kappa shape index (κ3) is 2.62. The van der Waals surface area contributed by atoms with Gasteiger partial charge in [-0.3, -0.25) is 0 Å². The molecule has 0 heterocycles. The van der Waals surface area contributed by atoms with E-state index in [9.17, 15) is 4.39 Å².